The summed E-state index contributed by atoms with van der Waals surface area (Å²) in [4.78, 5) is 4.31. The molecule has 0 radical (unpaired) electrons. The van der Waals surface area contributed by atoms with E-state index in [1.54, 1.807) is 0 Å². The molecule has 2 heteroatoms. The van der Waals surface area contributed by atoms with Crippen molar-refractivity contribution in [2.75, 3.05) is 7.05 Å². The summed E-state index contributed by atoms with van der Waals surface area (Å²) in [5, 5.41) is 3.15. The van der Waals surface area contributed by atoms with E-state index in [0.29, 0.717) is 0 Å². The highest BCUT2D eigenvalue weighted by Gasteiger charge is 2.03. The van der Waals surface area contributed by atoms with Crippen LogP contribution in [0.25, 0.3) is 11.1 Å². The Labute approximate surface area is 103 Å². The van der Waals surface area contributed by atoms with Gasteiger partial charge in [-0.25, -0.2) is 0 Å². The van der Waals surface area contributed by atoms with Crippen LogP contribution in [0.1, 0.15) is 16.7 Å². The second-order valence-corrected chi connectivity index (χ2v) is 4.43. The Morgan fingerprint density at radius 2 is 1.94 bits per heavy atom. The predicted molar refractivity (Wildman–Crippen MR) is 71.9 cm³/mol. The van der Waals surface area contributed by atoms with Crippen LogP contribution in [0, 0.1) is 13.8 Å². The normalized spacial score (nSPS) is 10.5. The molecule has 2 nitrogen and oxygen atoms in total. The fourth-order valence-corrected chi connectivity index (χ4v) is 1.98. The molecule has 0 spiro atoms. The second-order valence-electron chi connectivity index (χ2n) is 4.43. The minimum atomic E-state index is 0.853. The molecule has 0 unspecified atom stereocenters. The van der Waals surface area contributed by atoms with Gasteiger partial charge < -0.3 is 5.32 Å². The molecule has 17 heavy (non-hydrogen) atoms. The number of pyridine rings is 1. The average Bonchev–Trinajstić information content (AvgIpc) is 2.33. The molecule has 0 bridgehead atoms. The zero-order chi connectivity index (χ0) is 12.3. The van der Waals surface area contributed by atoms with Gasteiger partial charge in [0.1, 0.15) is 0 Å². The number of benzene rings is 1. The van der Waals surface area contributed by atoms with Gasteiger partial charge in [0, 0.05) is 24.5 Å². The molecule has 0 aliphatic heterocycles. The first-order chi connectivity index (χ1) is 8.20. The lowest BCUT2D eigenvalue weighted by Gasteiger charge is -2.08. The topological polar surface area (TPSA) is 24.9 Å². The quantitative estimate of drug-likeness (QED) is 0.870. The van der Waals surface area contributed by atoms with Gasteiger partial charge >= 0.3 is 0 Å². The highest BCUT2D eigenvalue weighted by molar-refractivity contribution is 5.67. The van der Waals surface area contributed by atoms with E-state index in [4.69, 9.17) is 0 Å². The number of aromatic nitrogens is 1. The fraction of sp³-hybridized carbons (Fsp3) is 0.267. The lowest BCUT2D eigenvalue weighted by molar-refractivity contribution is 0.813. The van der Waals surface area contributed by atoms with Crippen molar-refractivity contribution in [3.05, 3.63) is 53.3 Å². The van der Waals surface area contributed by atoms with E-state index in [1.807, 2.05) is 19.4 Å². The van der Waals surface area contributed by atoms with E-state index < -0.39 is 0 Å². The fourth-order valence-electron chi connectivity index (χ4n) is 1.98. The third kappa shape index (κ3) is 2.71. The Bertz CT molecular complexity index is 518. The maximum Gasteiger partial charge on any atom is 0.0346 e. The van der Waals surface area contributed by atoms with Crippen molar-refractivity contribution in [1.29, 1.82) is 0 Å². The molecule has 1 aromatic carbocycles. The number of aryl methyl sites for hydroxylation is 2. The van der Waals surface area contributed by atoms with Crippen molar-refractivity contribution in [1.82, 2.24) is 10.3 Å². The van der Waals surface area contributed by atoms with Crippen molar-refractivity contribution < 1.29 is 0 Å². The summed E-state index contributed by atoms with van der Waals surface area (Å²) in [6.45, 7) is 5.11. The van der Waals surface area contributed by atoms with E-state index in [2.05, 4.69) is 48.4 Å². The zero-order valence-corrected chi connectivity index (χ0v) is 10.6. The molecule has 88 valence electrons. The van der Waals surface area contributed by atoms with Crippen molar-refractivity contribution in [2.24, 2.45) is 0 Å². The SMILES string of the molecule is CNCc1cncc(-c2cc(C)ccc2C)c1. The van der Waals surface area contributed by atoms with Crippen LogP contribution in [0.2, 0.25) is 0 Å². The molecule has 0 atom stereocenters. The average molecular weight is 226 g/mol. The summed E-state index contributed by atoms with van der Waals surface area (Å²) in [5.41, 5.74) is 6.25. The molecule has 0 aliphatic carbocycles. The van der Waals surface area contributed by atoms with Crippen LogP contribution in [0.5, 0.6) is 0 Å². The van der Waals surface area contributed by atoms with Gasteiger partial charge in [-0.05, 0) is 43.7 Å². The lowest BCUT2D eigenvalue weighted by Crippen LogP contribution is -2.05. The van der Waals surface area contributed by atoms with Gasteiger partial charge in [-0.2, -0.15) is 0 Å². The maximum atomic E-state index is 4.31. The predicted octanol–water partition coefficient (Wildman–Crippen LogP) is 3.08. The van der Waals surface area contributed by atoms with E-state index >= 15 is 0 Å². The molecular weight excluding hydrogens is 208 g/mol. The zero-order valence-electron chi connectivity index (χ0n) is 10.6. The van der Waals surface area contributed by atoms with Crippen LogP contribution in [0.15, 0.2) is 36.7 Å². The van der Waals surface area contributed by atoms with E-state index in [9.17, 15) is 0 Å². The van der Waals surface area contributed by atoms with Gasteiger partial charge in [-0.1, -0.05) is 23.8 Å². The first-order valence-electron chi connectivity index (χ1n) is 5.87. The summed E-state index contributed by atoms with van der Waals surface area (Å²) in [6.07, 6.45) is 3.84. The number of rotatable bonds is 3. The lowest BCUT2D eigenvalue weighted by atomic mass is 9.99. The Kier molecular flexibility index (Phi) is 3.55. The molecule has 1 N–H and O–H groups in total. The number of hydrogen-bond donors (Lipinski definition) is 1. The summed E-state index contributed by atoms with van der Waals surface area (Å²) >= 11 is 0. The van der Waals surface area contributed by atoms with Crippen LogP contribution in [-0.2, 0) is 6.54 Å². The highest BCUT2D eigenvalue weighted by Crippen LogP contribution is 2.24. The van der Waals surface area contributed by atoms with Gasteiger partial charge in [-0.15, -0.1) is 0 Å². The Morgan fingerprint density at radius 3 is 2.71 bits per heavy atom. The minimum Gasteiger partial charge on any atom is -0.316 e. The van der Waals surface area contributed by atoms with Crippen molar-refractivity contribution >= 4 is 0 Å². The van der Waals surface area contributed by atoms with E-state index in [-0.39, 0.29) is 0 Å². The Balaban J connectivity index is 2.45. The molecule has 0 fully saturated rings. The third-order valence-corrected chi connectivity index (χ3v) is 2.88. The standard InChI is InChI=1S/C15H18N2/c1-11-4-5-12(2)15(6-11)14-7-13(8-16-3)9-17-10-14/h4-7,9-10,16H,8H2,1-3H3. The van der Waals surface area contributed by atoms with Crippen molar-refractivity contribution in [3.63, 3.8) is 0 Å². The summed E-state index contributed by atoms with van der Waals surface area (Å²) < 4.78 is 0. The van der Waals surface area contributed by atoms with Gasteiger partial charge in [0.05, 0.1) is 0 Å². The summed E-state index contributed by atoms with van der Waals surface area (Å²) in [6, 6.07) is 8.72. The molecule has 0 saturated carbocycles. The minimum absolute atomic E-state index is 0.853. The molecule has 0 aliphatic rings. The third-order valence-electron chi connectivity index (χ3n) is 2.88. The molecule has 1 heterocycles. The maximum absolute atomic E-state index is 4.31. The van der Waals surface area contributed by atoms with Crippen LogP contribution in [-0.4, -0.2) is 12.0 Å². The smallest absolute Gasteiger partial charge is 0.0346 e. The van der Waals surface area contributed by atoms with Gasteiger partial charge in [0.15, 0.2) is 0 Å². The van der Waals surface area contributed by atoms with Crippen LogP contribution in [0.4, 0.5) is 0 Å². The molecular formula is C15H18N2. The van der Waals surface area contributed by atoms with E-state index in [0.717, 1.165) is 6.54 Å². The van der Waals surface area contributed by atoms with Crippen LogP contribution < -0.4 is 5.32 Å². The molecule has 2 aromatic rings. The van der Waals surface area contributed by atoms with Crippen LogP contribution in [0.3, 0.4) is 0 Å². The number of nitrogens with zero attached hydrogens (tertiary/aromatic N) is 1. The summed E-state index contributed by atoms with van der Waals surface area (Å²) in [7, 11) is 1.95. The van der Waals surface area contributed by atoms with Crippen molar-refractivity contribution in [2.45, 2.75) is 20.4 Å². The largest absolute Gasteiger partial charge is 0.316 e. The second kappa shape index (κ2) is 5.11. The monoisotopic (exact) mass is 226 g/mol. The van der Waals surface area contributed by atoms with Gasteiger partial charge in [0.25, 0.3) is 0 Å². The van der Waals surface area contributed by atoms with E-state index in [1.165, 1.54) is 27.8 Å². The molecule has 1 aromatic heterocycles. The van der Waals surface area contributed by atoms with Gasteiger partial charge in [-0.3, -0.25) is 4.98 Å². The number of hydrogen-bond acceptors (Lipinski definition) is 2. The Morgan fingerprint density at radius 1 is 1.12 bits per heavy atom. The highest BCUT2D eigenvalue weighted by atomic mass is 14.8. The molecule has 0 amide bonds. The number of nitrogens with one attached hydrogen (secondary N) is 1. The first-order valence-corrected chi connectivity index (χ1v) is 5.87. The van der Waals surface area contributed by atoms with Gasteiger partial charge in [0.2, 0.25) is 0 Å². The first kappa shape index (κ1) is 11.8. The van der Waals surface area contributed by atoms with Crippen molar-refractivity contribution in [3.8, 4) is 11.1 Å². The Hall–Kier alpha value is -1.67. The summed E-state index contributed by atoms with van der Waals surface area (Å²) in [5.74, 6) is 0. The molecule has 0 saturated heterocycles. The van der Waals surface area contributed by atoms with Crippen LogP contribution >= 0.6 is 0 Å². The molecule has 2 rings (SSSR count).